The van der Waals surface area contributed by atoms with Crippen molar-refractivity contribution < 1.29 is 4.74 Å². The summed E-state index contributed by atoms with van der Waals surface area (Å²) < 4.78 is 6.06. The predicted molar refractivity (Wildman–Crippen MR) is 84.2 cm³/mol. The van der Waals surface area contributed by atoms with Gasteiger partial charge in [0.25, 0.3) is 0 Å². The van der Waals surface area contributed by atoms with Crippen LogP contribution in [0.15, 0.2) is 42.5 Å². The minimum absolute atomic E-state index is 0.0371. The molecule has 2 aromatic rings. The van der Waals surface area contributed by atoms with Crippen molar-refractivity contribution in [3.05, 3.63) is 53.6 Å². The van der Waals surface area contributed by atoms with Gasteiger partial charge in [-0.15, -0.1) is 0 Å². The number of rotatable bonds is 3. The van der Waals surface area contributed by atoms with E-state index < -0.39 is 0 Å². The number of para-hydroxylation sites is 1. The number of aryl methyl sites for hydroxylation is 1. The minimum atomic E-state index is 0.0371. The van der Waals surface area contributed by atoms with Crippen molar-refractivity contribution in [2.45, 2.75) is 33.1 Å². The Bertz CT molecular complexity index is 600. The minimum Gasteiger partial charge on any atom is -0.457 e. The van der Waals surface area contributed by atoms with E-state index in [4.69, 9.17) is 10.6 Å². The van der Waals surface area contributed by atoms with Gasteiger partial charge in [0.15, 0.2) is 0 Å². The number of nitrogens with two attached hydrogens (primary N) is 1. The van der Waals surface area contributed by atoms with E-state index in [9.17, 15) is 0 Å². The number of nitrogens with one attached hydrogen (secondary N) is 1. The maximum Gasteiger partial charge on any atom is 0.131 e. The summed E-state index contributed by atoms with van der Waals surface area (Å²) in [5.74, 6) is 7.14. The molecule has 0 unspecified atom stereocenters. The summed E-state index contributed by atoms with van der Waals surface area (Å²) in [6.07, 6.45) is 0. The fraction of sp³-hybridized carbons (Fsp3) is 0.294. The van der Waals surface area contributed by atoms with Crippen LogP contribution in [0.4, 0.5) is 5.69 Å². The van der Waals surface area contributed by atoms with Gasteiger partial charge >= 0.3 is 0 Å². The lowest BCUT2D eigenvalue weighted by molar-refractivity contribution is 0.455. The van der Waals surface area contributed by atoms with Crippen molar-refractivity contribution in [3.8, 4) is 11.5 Å². The highest BCUT2D eigenvalue weighted by atomic mass is 16.5. The van der Waals surface area contributed by atoms with Crippen molar-refractivity contribution in [2.75, 3.05) is 5.43 Å². The smallest absolute Gasteiger partial charge is 0.131 e. The first kappa shape index (κ1) is 14.4. The van der Waals surface area contributed by atoms with E-state index >= 15 is 0 Å². The maximum absolute atomic E-state index is 6.06. The highest BCUT2D eigenvalue weighted by molar-refractivity contribution is 5.52. The molecule has 0 spiro atoms. The lowest BCUT2D eigenvalue weighted by Crippen LogP contribution is -2.12. The van der Waals surface area contributed by atoms with Gasteiger partial charge < -0.3 is 10.2 Å². The first-order valence-electron chi connectivity index (χ1n) is 6.76. The van der Waals surface area contributed by atoms with Gasteiger partial charge in [-0.25, -0.2) is 0 Å². The number of hydrogen-bond acceptors (Lipinski definition) is 3. The molecule has 0 fully saturated rings. The lowest BCUT2D eigenvalue weighted by Gasteiger charge is -2.22. The predicted octanol–water partition coefficient (Wildman–Crippen LogP) is 4.37. The second-order valence-electron chi connectivity index (χ2n) is 6.03. The molecule has 0 bridgehead atoms. The zero-order valence-electron chi connectivity index (χ0n) is 12.5. The highest BCUT2D eigenvalue weighted by Gasteiger charge is 2.18. The van der Waals surface area contributed by atoms with Crippen LogP contribution in [0.25, 0.3) is 0 Å². The molecule has 106 valence electrons. The van der Waals surface area contributed by atoms with Gasteiger partial charge in [-0.1, -0.05) is 39.0 Å². The molecular formula is C17H22N2O. The van der Waals surface area contributed by atoms with Crippen LogP contribution in [0.5, 0.6) is 11.5 Å². The molecule has 0 aliphatic heterocycles. The summed E-state index contributed by atoms with van der Waals surface area (Å²) >= 11 is 0. The van der Waals surface area contributed by atoms with Crippen molar-refractivity contribution in [2.24, 2.45) is 5.84 Å². The average molecular weight is 270 g/mol. The molecule has 0 saturated carbocycles. The summed E-state index contributed by atoms with van der Waals surface area (Å²) in [4.78, 5) is 0. The third-order valence-corrected chi connectivity index (χ3v) is 3.14. The monoisotopic (exact) mass is 270 g/mol. The van der Waals surface area contributed by atoms with Gasteiger partial charge in [0.1, 0.15) is 11.5 Å². The summed E-state index contributed by atoms with van der Waals surface area (Å²) in [7, 11) is 0. The van der Waals surface area contributed by atoms with E-state index in [1.165, 1.54) is 5.56 Å². The Labute approximate surface area is 120 Å². The van der Waals surface area contributed by atoms with Crippen LogP contribution in [0.3, 0.4) is 0 Å². The zero-order valence-corrected chi connectivity index (χ0v) is 12.5. The molecule has 3 nitrogen and oxygen atoms in total. The van der Waals surface area contributed by atoms with Crippen LogP contribution in [-0.4, -0.2) is 0 Å². The Morgan fingerprint density at radius 2 is 1.75 bits per heavy atom. The Hall–Kier alpha value is -2.00. The van der Waals surface area contributed by atoms with Crippen LogP contribution in [0.1, 0.15) is 31.9 Å². The zero-order chi connectivity index (χ0) is 14.8. The van der Waals surface area contributed by atoms with Gasteiger partial charge in [0.2, 0.25) is 0 Å². The van der Waals surface area contributed by atoms with Crippen LogP contribution < -0.4 is 16.0 Å². The molecule has 2 aromatic carbocycles. The molecule has 0 atom stereocenters. The number of nitrogen functional groups attached to an aromatic ring is 1. The summed E-state index contributed by atoms with van der Waals surface area (Å²) in [5, 5.41) is 0. The molecule has 0 radical (unpaired) electrons. The van der Waals surface area contributed by atoms with Crippen molar-refractivity contribution in [1.82, 2.24) is 0 Å². The van der Waals surface area contributed by atoms with E-state index in [2.05, 4.69) is 32.3 Å². The number of ether oxygens (including phenoxy) is 1. The number of anilines is 1. The average Bonchev–Trinajstić information content (AvgIpc) is 2.37. The topological polar surface area (TPSA) is 47.3 Å². The van der Waals surface area contributed by atoms with Crippen molar-refractivity contribution >= 4 is 5.69 Å². The van der Waals surface area contributed by atoms with Gasteiger partial charge in [0.05, 0.1) is 5.69 Å². The van der Waals surface area contributed by atoms with E-state index in [-0.39, 0.29) is 5.41 Å². The van der Waals surface area contributed by atoms with Gasteiger partial charge in [-0.2, -0.15) is 0 Å². The largest absolute Gasteiger partial charge is 0.457 e. The summed E-state index contributed by atoms with van der Waals surface area (Å²) in [6.45, 7) is 8.55. The number of hydrazine groups is 1. The molecule has 0 heterocycles. The third-order valence-electron chi connectivity index (χ3n) is 3.14. The Morgan fingerprint density at radius 1 is 1.05 bits per heavy atom. The molecule has 0 aliphatic rings. The molecule has 3 heteroatoms. The van der Waals surface area contributed by atoms with Crippen molar-refractivity contribution in [3.63, 3.8) is 0 Å². The second kappa shape index (κ2) is 5.55. The first-order chi connectivity index (χ1) is 9.40. The van der Waals surface area contributed by atoms with E-state index in [0.29, 0.717) is 0 Å². The first-order valence-corrected chi connectivity index (χ1v) is 6.76. The van der Waals surface area contributed by atoms with E-state index in [0.717, 1.165) is 22.7 Å². The normalized spacial score (nSPS) is 11.2. The molecule has 0 amide bonds. The Kier molecular flexibility index (Phi) is 4.00. The quantitative estimate of drug-likeness (QED) is 0.643. The fourth-order valence-corrected chi connectivity index (χ4v) is 2.19. The molecule has 0 aromatic heterocycles. The van der Waals surface area contributed by atoms with Gasteiger partial charge in [-0.05, 0) is 36.1 Å². The fourth-order valence-electron chi connectivity index (χ4n) is 2.19. The van der Waals surface area contributed by atoms with Crippen LogP contribution in [-0.2, 0) is 5.41 Å². The number of benzene rings is 2. The van der Waals surface area contributed by atoms with Crippen molar-refractivity contribution in [1.29, 1.82) is 0 Å². The van der Waals surface area contributed by atoms with E-state index in [1.54, 1.807) is 0 Å². The van der Waals surface area contributed by atoms with Gasteiger partial charge in [-0.3, -0.25) is 5.84 Å². The van der Waals surface area contributed by atoms with Crippen LogP contribution >= 0.6 is 0 Å². The third kappa shape index (κ3) is 3.31. The molecule has 0 saturated heterocycles. The van der Waals surface area contributed by atoms with Gasteiger partial charge in [0, 0.05) is 11.6 Å². The van der Waals surface area contributed by atoms with Crippen LogP contribution in [0, 0.1) is 6.92 Å². The molecule has 2 rings (SSSR count). The lowest BCUT2D eigenvalue weighted by atomic mass is 9.86. The van der Waals surface area contributed by atoms with E-state index in [1.807, 2.05) is 43.3 Å². The standard InChI is InChI=1S/C17H22N2O/c1-12-9-13(19-18)11-14(10-12)20-16-8-6-5-7-15(16)17(2,3)4/h5-11,19H,18H2,1-4H3. The highest BCUT2D eigenvalue weighted by Crippen LogP contribution is 2.34. The molecule has 20 heavy (non-hydrogen) atoms. The SMILES string of the molecule is Cc1cc(NN)cc(Oc2ccccc2C(C)(C)C)c1. The molecular weight excluding hydrogens is 248 g/mol. The summed E-state index contributed by atoms with van der Waals surface area (Å²) in [6, 6.07) is 14.0. The maximum atomic E-state index is 6.06. The Balaban J connectivity index is 2.38. The summed E-state index contributed by atoms with van der Waals surface area (Å²) in [5.41, 5.74) is 5.82. The molecule has 0 aliphatic carbocycles. The van der Waals surface area contributed by atoms with Crippen LogP contribution in [0.2, 0.25) is 0 Å². The second-order valence-corrected chi connectivity index (χ2v) is 6.03. The molecule has 3 N–H and O–H groups in total. The Morgan fingerprint density at radius 3 is 2.40 bits per heavy atom. The number of hydrogen-bond donors (Lipinski definition) is 2.